The first-order valence-electron chi connectivity index (χ1n) is 6.26. The van der Waals surface area contributed by atoms with Gasteiger partial charge in [0.15, 0.2) is 0 Å². The van der Waals surface area contributed by atoms with E-state index in [0.717, 1.165) is 29.3 Å². The van der Waals surface area contributed by atoms with Crippen molar-refractivity contribution in [2.45, 2.75) is 38.1 Å². The van der Waals surface area contributed by atoms with Crippen LogP contribution in [0, 0.1) is 13.8 Å². The van der Waals surface area contributed by atoms with E-state index in [0.29, 0.717) is 11.4 Å². The Hall–Kier alpha value is -0.430. The summed E-state index contributed by atoms with van der Waals surface area (Å²) in [6.07, 6.45) is 0.898. The molecular formula is C12H20N2O2S2. The molecule has 102 valence electrons. The first-order valence-corrected chi connectivity index (χ1v) is 8.52. The third-order valence-electron chi connectivity index (χ3n) is 3.34. The highest BCUT2D eigenvalue weighted by Gasteiger charge is 2.33. The number of thiophene rings is 1. The highest BCUT2D eigenvalue weighted by atomic mass is 32.2. The SMILES string of the molecule is CCN(C1CCNC1)S(=O)(=O)c1cc(C)sc1C. The molecule has 1 N–H and O–H groups in total. The Bertz CT molecular complexity index is 516. The fourth-order valence-corrected chi connectivity index (χ4v) is 5.69. The van der Waals surface area contributed by atoms with Gasteiger partial charge in [0.2, 0.25) is 10.0 Å². The molecule has 1 aromatic heterocycles. The van der Waals surface area contributed by atoms with Crippen LogP contribution < -0.4 is 5.32 Å². The summed E-state index contributed by atoms with van der Waals surface area (Å²) in [6.45, 7) is 7.93. The lowest BCUT2D eigenvalue weighted by molar-refractivity contribution is 0.348. The number of sulfonamides is 1. The molecule has 1 aliphatic rings. The van der Waals surface area contributed by atoms with Gasteiger partial charge in [0.25, 0.3) is 0 Å². The van der Waals surface area contributed by atoms with Crippen LogP contribution in [0.4, 0.5) is 0 Å². The average Bonchev–Trinajstić information content (AvgIpc) is 2.89. The second-order valence-electron chi connectivity index (χ2n) is 4.63. The van der Waals surface area contributed by atoms with Gasteiger partial charge in [-0.2, -0.15) is 4.31 Å². The zero-order valence-electron chi connectivity index (χ0n) is 11.1. The summed E-state index contributed by atoms with van der Waals surface area (Å²) in [5, 5.41) is 3.23. The molecule has 0 aliphatic carbocycles. The van der Waals surface area contributed by atoms with Crippen LogP contribution in [0.5, 0.6) is 0 Å². The Morgan fingerprint density at radius 1 is 1.50 bits per heavy atom. The van der Waals surface area contributed by atoms with Gasteiger partial charge in [-0.25, -0.2) is 8.42 Å². The summed E-state index contributed by atoms with van der Waals surface area (Å²) in [6, 6.07) is 1.89. The minimum Gasteiger partial charge on any atom is -0.315 e. The number of hydrogen-bond acceptors (Lipinski definition) is 4. The molecule has 18 heavy (non-hydrogen) atoms. The molecule has 6 heteroatoms. The highest BCUT2D eigenvalue weighted by Crippen LogP contribution is 2.29. The monoisotopic (exact) mass is 288 g/mol. The standard InChI is InChI=1S/C12H20N2O2S2/c1-4-14(11-5-6-13-8-11)18(15,16)12-7-9(2)17-10(12)3/h7,11,13H,4-6,8H2,1-3H3. The van der Waals surface area contributed by atoms with Crippen LogP contribution in [0.3, 0.4) is 0 Å². The number of aryl methyl sites for hydroxylation is 2. The Kier molecular flexibility index (Phi) is 4.11. The second kappa shape index (κ2) is 5.28. The Labute approximate surface area is 113 Å². The van der Waals surface area contributed by atoms with Gasteiger partial charge in [-0.1, -0.05) is 6.92 Å². The van der Waals surface area contributed by atoms with E-state index in [1.54, 1.807) is 21.7 Å². The lowest BCUT2D eigenvalue weighted by Crippen LogP contribution is -2.41. The van der Waals surface area contributed by atoms with Gasteiger partial charge in [-0.3, -0.25) is 0 Å². The largest absolute Gasteiger partial charge is 0.315 e. The smallest absolute Gasteiger partial charge is 0.244 e. The predicted octanol–water partition coefficient (Wildman–Crippen LogP) is 1.74. The second-order valence-corrected chi connectivity index (χ2v) is 7.95. The summed E-state index contributed by atoms with van der Waals surface area (Å²) in [5.41, 5.74) is 0. The average molecular weight is 288 g/mol. The molecular weight excluding hydrogens is 268 g/mol. The number of nitrogens with one attached hydrogen (secondary N) is 1. The molecule has 2 rings (SSSR count). The van der Waals surface area contributed by atoms with Gasteiger partial charge in [0.05, 0.1) is 4.90 Å². The van der Waals surface area contributed by atoms with Crippen molar-refractivity contribution in [2.75, 3.05) is 19.6 Å². The van der Waals surface area contributed by atoms with E-state index in [9.17, 15) is 8.42 Å². The van der Waals surface area contributed by atoms with Gasteiger partial charge in [0.1, 0.15) is 0 Å². The Morgan fingerprint density at radius 3 is 2.67 bits per heavy atom. The van der Waals surface area contributed by atoms with E-state index in [2.05, 4.69) is 5.32 Å². The molecule has 0 bridgehead atoms. The zero-order chi connectivity index (χ0) is 13.3. The summed E-state index contributed by atoms with van der Waals surface area (Å²) < 4.78 is 27.0. The normalized spacial score (nSPS) is 20.8. The molecule has 4 nitrogen and oxygen atoms in total. The van der Waals surface area contributed by atoms with Crippen molar-refractivity contribution in [1.29, 1.82) is 0 Å². The first kappa shape index (κ1) is 14.0. The fourth-order valence-electron chi connectivity index (χ4n) is 2.50. The number of likely N-dealkylation sites (N-methyl/N-ethyl adjacent to an activating group) is 1. The van der Waals surface area contributed by atoms with Crippen LogP contribution in [0.2, 0.25) is 0 Å². The molecule has 1 fully saturated rings. The quantitative estimate of drug-likeness (QED) is 0.918. The van der Waals surface area contributed by atoms with Crippen molar-refractivity contribution in [3.05, 3.63) is 15.8 Å². The number of nitrogens with zero attached hydrogens (tertiary/aromatic N) is 1. The van der Waals surface area contributed by atoms with E-state index in [1.807, 2.05) is 20.8 Å². The number of rotatable bonds is 4. The molecule has 1 saturated heterocycles. The van der Waals surface area contributed by atoms with Gasteiger partial charge in [-0.05, 0) is 32.9 Å². The van der Waals surface area contributed by atoms with Gasteiger partial charge >= 0.3 is 0 Å². The molecule has 1 unspecified atom stereocenters. The molecule has 0 spiro atoms. The Morgan fingerprint density at radius 2 is 2.22 bits per heavy atom. The van der Waals surface area contributed by atoms with Crippen molar-refractivity contribution in [3.8, 4) is 0 Å². The van der Waals surface area contributed by atoms with Crippen LogP contribution in [0.1, 0.15) is 23.1 Å². The van der Waals surface area contributed by atoms with Crippen molar-refractivity contribution in [2.24, 2.45) is 0 Å². The lowest BCUT2D eigenvalue weighted by Gasteiger charge is -2.26. The van der Waals surface area contributed by atoms with Gasteiger partial charge in [0, 0.05) is 28.9 Å². The van der Waals surface area contributed by atoms with Crippen molar-refractivity contribution in [1.82, 2.24) is 9.62 Å². The summed E-state index contributed by atoms with van der Waals surface area (Å²) in [4.78, 5) is 2.42. The zero-order valence-corrected chi connectivity index (χ0v) is 12.7. The predicted molar refractivity (Wildman–Crippen MR) is 74.6 cm³/mol. The minimum absolute atomic E-state index is 0.0969. The number of hydrogen-bond donors (Lipinski definition) is 1. The third kappa shape index (κ3) is 2.47. The van der Waals surface area contributed by atoms with Gasteiger partial charge in [-0.15, -0.1) is 11.3 Å². The van der Waals surface area contributed by atoms with E-state index >= 15 is 0 Å². The van der Waals surface area contributed by atoms with E-state index < -0.39 is 10.0 Å². The molecule has 0 saturated carbocycles. The molecule has 1 aliphatic heterocycles. The molecule has 1 aromatic rings. The van der Waals surface area contributed by atoms with Crippen LogP contribution in [-0.2, 0) is 10.0 Å². The van der Waals surface area contributed by atoms with Crippen LogP contribution in [-0.4, -0.2) is 38.4 Å². The first-order chi connectivity index (χ1) is 8.46. The van der Waals surface area contributed by atoms with Crippen molar-refractivity contribution in [3.63, 3.8) is 0 Å². The highest BCUT2D eigenvalue weighted by molar-refractivity contribution is 7.89. The van der Waals surface area contributed by atoms with Crippen molar-refractivity contribution >= 4 is 21.4 Å². The molecule has 2 heterocycles. The molecule has 1 atom stereocenters. The summed E-state index contributed by atoms with van der Waals surface area (Å²) in [5.74, 6) is 0. The van der Waals surface area contributed by atoms with Gasteiger partial charge < -0.3 is 5.32 Å². The van der Waals surface area contributed by atoms with E-state index in [-0.39, 0.29) is 6.04 Å². The molecule has 0 amide bonds. The van der Waals surface area contributed by atoms with Crippen LogP contribution in [0.25, 0.3) is 0 Å². The maximum absolute atomic E-state index is 12.7. The lowest BCUT2D eigenvalue weighted by atomic mass is 10.3. The van der Waals surface area contributed by atoms with Crippen LogP contribution >= 0.6 is 11.3 Å². The topological polar surface area (TPSA) is 49.4 Å². The maximum atomic E-state index is 12.7. The van der Waals surface area contributed by atoms with E-state index in [4.69, 9.17) is 0 Å². The third-order valence-corrected chi connectivity index (χ3v) is 6.58. The fraction of sp³-hybridized carbons (Fsp3) is 0.667. The molecule has 0 aromatic carbocycles. The summed E-state index contributed by atoms with van der Waals surface area (Å²) >= 11 is 1.55. The minimum atomic E-state index is -3.34. The summed E-state index contributed by atoms with van der Waals surface area (Å²) in [7, 11) is -3.34. The van der Waals surface area contributed by atoms with Crippen molar-refractivity contribution < 1.29 is 8.42 Å². The maximum Gasteiger partial charge on any atom is 0.244 e. The molecule has 0 radical (unpaired) electrons. The van der Waals surface area contributed by atoms with E-state index in [1.165, 1.54) is 0 Å². The Balaban J connectivity index is 2.36. The van der Waals surface area contributed by atoms with Crippen LogP contribution in [0.15, 0.2) is 11.0 Å².